The molecule has 2 aromatic rings. The van der Waals surface area contributed by atoms with Crippen molar-refractivity contribution in [2.45, 2.75) is 13.8 Å². The van der Waals surface area contributed by atoms with Gasteiger partial charge in [0.05, 0.1) is 10.7 Å². The van der Waals surface area contributed by atoms with Crippen molar-refractivity contribution in [1.29, 1.82) is 0 Å². The number of carbonyl (C=O) groups is 1. The molecule has 164 valence electrons. The molecule has 0 atom stereocenters. The van der Waals surface area contributed by atoms with Crippen molar-refractivity contribution in [2.75, 3.05) is 45.8 Å². The second-order valence-electron chi connectivity index (χ2n) is 7.52. The molecule has 0 aliphatic carbocycles. The van der Waals surface area contributed by atoms with Crippen LogP contribution >= 0.6 is 11.6 Å². The van der Waals surface area contributed by atoms with Crippen LogP contribution in [0.3, 0.4) is 0 Å². The van der Waals surface area contributed by atoms with Gasteiger partial charge < -0.3 is 9.80 Å². The van der Waals surface area contributed by atoms with Gasteiger partial charge in [0.15, 0.2) is 0 Å². The normalized spacial score (nSPS) is 15.1. The van der Waals surface area contributed by atoms with E-state index in [1.807, 2.05) is 73.4 Å². The predicted octanol–water partition coefficient (Wildman–Crippen LogP) is 4.70. The number of rotatable bonds is 7. The average molecular weight is 439 g/mol. The Morgan fingerprint density at radius 1 is 1.03 bits per heavy atom. The van der Waals surface area contributed by atoms with Crippen molar-refractivity contribution < 1.29 is 4.79 Å². The van der Waals surface area contributed by atoms with Gasteiger partial charge in [0, 0.05) is 56.9 Å². The highest BCUT2D eigenvalue weighted by Crippen LogP contribution is 2.26. The maximum absolute atomic E-state index is 12.7. The van der Waals surface area contributed by atoms with Crippen LogP contribution in [0.15, 0.2) is 66.2 Å². The van der Waals surface area contributed by atoms with E-state index in [-0.39, 0.29) is 5.91 Å². The van der Waals surface area contributed by atoms with Crippen molar-refractivity contribution >= 4 is 29.0 Å². The molecule has 0 saturated carbocycles. The highest BCUT2D eigenvalue weighted by atomic mass is 35.5. The Bertz CT molecular complexity index is 913. The van der Waals surface area contributed by atoms with Gasteiger partial charge in [-0.3, -0.25) is 9.69 Å². The van der Waals surface area contributed by atoms with Gasteiger partial charge in [0.25, 0.3) is 5.91 Å². The van der Waals surface area contributed by atoms with Gasteiger partial charge in [-0.2, -0.15) is 0 Å². The maximum Gasteiger partial charge on any atom is 0.253 e. The zero-order valence-electron chi connectivity index (χ0n) is 18.4. The predicted molar refractivity (Wildman–Crippen MR) is 130 cm³/mol. The fourth-order valence-corrected chi connectivity index (χ4v) is 3.93. The molecule has 1 aliphatic heterocycles. The minimum absolute atomic E-state index is 0.0548. The standard InChI is InChI=1S/C25H31ClN4O/c1-4-15-28-16-18-30(19-17-28)24(27-23-10-8-7-9-22(23)26)20-11-13-21(14-12-20)25(31)29(5-2)6-3/h4,7-14H,1,5-6,15-19H2,2-3H3. The number of amides is 1. The zero-order valence-corrected chi connectivity index (χ0v) is 19.2. The first-order valence-corrected chi connectivity index (χ1v) is 11.3. The molecule has 1 heterocycles. The Kier molecular flexibility index (Phi) is 8.27. The summed E-state index contributed by atoms with van der Waals surface area (Å²) >= 11 is 6.40. The van der Waals surface area contributed by atoms with E-state index in [1.54, 1.807) is 0 Å². The Labute approximate surface area is 190 Å². The Morgan fingerprint density at radius 3 is 2.23 bits per heavy atom. The van der Waals surface area contributed by atoms with Crippen LogP contribution in [-0.4, -0.2) is 72.3 Å². The molecular weight excluding hydrogens is 408 g/mol. The lowest BCUT2D eigenvalue weighted by molar-refractivity contribution is 0.0773. The van der Waals surface area contributed by atoms with Crippen LogP contribution in [0.1, 0.15) is 29.8 Å². The molecule has 1 amide bonds. The second-order valence-corrected chi connectivity index (χ2v) is 7.93. The molecule has 1 aliphatic rings. The van der Waals surface area contributed by atoms with Crippen molar-refractivity contribution in [3.63, 3.8) is 0 Å². The third-order valence-corrected chi connectivity index (χ3v) is 5.90. The third kappa shape index (κ3) is 5.75. The number of amidine groups is 1. The van der Waals surface area contributed by atoms with Gasteiger partial charge in [-0.25, -0.2) is 4.99 Å². The van der Waals surface area contributed by atoms with Crippen LogP contribution in [0.25, 0.3) is 0 Å². The summed E-state index contributed by atoms with van der Waals surface area (Å²) in [6, 6.07) is 15.4. The first-order valence-electron chi connectivity index (χ1n) is 10.9. The molecule has 0 spiro atoms. The SMILES string of the molecule is C=CCN1CCN(C(=Nc2ccccc2Cl)c2ccc(C(=O)N(CC)CC)cc2)CC1. The first kappa shape index (κ1) is 23.0. The second kappa shape index (κ2) is 11.1. The number of nitrogens with zero attached hydrogens (tertiary/aromatic N) is 4. The summed E-state index contributed by atoms with van der Waals surface area (Å²) in [6.07, 6.45) is 1.94. The zero-order chi connectivity index (χ0) is 22.2. The van der Waals surface area contributed by atoms with Gasteiger partial charge in [-0.05, 0) is 38.1 Å². The number of benzene rings is 2. The third-order valence-electron chi connectivity index (χ3n) is 5.58. The monoisotopic (exact) mass is 438 g/mol. The molecule has 2 aromatic carbocycles. The largest absolute Gasteiger partial charge is 0.354 e. The highest BCUT2D eigenvalue weighted by Gasteiger charge is 2.21. The van der Waals surface area contributed by atoms with Gasteiger partial charge in [0.2, 0.25) is 0 Å². The van der Waals surface area contributed by atoms with Gasteiger partial charge in [-0.15, -0.1) is 6.58 Å². The molecule has 31 heavy (non-hydrogen) atoms. The molecule has 1 saturated heterocycles. The lowest BCUT2D eigenvalue weighted by atomic mass is 10.1. The van der Waals surface area contributed by atoms with Crippen LogP contribution in [0.4, 0.5) is 5.69 Å². The fraction of sp³-hybridized carbons (Fsp3) is 0.360. The van der Waals surface area contributed by atoms with Gasteiger partial charge in [-0.1, -0.05) is 41.9 Å². The van der Waals surface area contributed by atoms with E-state index in [9.17, 15) is 4.79 Å². The minimum Gasteiger partial charge on any atom is -0.354 e. The molecule has 5 nitrogen and oxygen atoms in total. The van der Waals surface area contributed by atoms with E-state index >= 15 is 0 Å². The van der Waals surface area contributed by atoms with Crippen molar-refractivity contribution in [3.8, 4) is 0 Å². The number of carbonyl (C=O) groups excluding carboxylic acids is 1. The maximum atomic E-state index is 12.7. The first-order chi connectivity index (χ1) is 15.1. The minimum atomic E-state index is 0.0548. The number of halogens is 1. The Hall–Kier alpha value is -2.63. The van der Waals surface area contributed by atoms with E-state index in [0.29, 0.717) is 23.7 Å². The van der Waals surface area contributed by atoms with Gasteiger partial charge >= 0.3 is 0 Å². The molecule has 0 N–H and O–H groups in total. The summed E-state index contributed by atoms with van der Waals surface area (Å²) in [6.45, 7) is 13.8. The van der Waals surface area contributed by atoms with Crippen molar-refractivity contribution in [1.82, 2.24) is 14.7 Å². The summed E-state index contributed by atoms with van der Waals surface area (Å²) in [5.74, 6) is 0.937. The van der Waals surface area contributed by atoms with E-state index in [4.69, 9.17) is 16.6 Å². The Balaban J connectivity index is 1.91. The molecular formula is C25H31ClN4O. The summed E-state index contributed by atoms with van der Waals surface area (Å²) in [5.41, 5.74) is 2.42. The smallest absolute Gasteiger partial charge is 0.253 e. The molecule has 0 unspecified atom stereocenters. The summed E-state index contributed by atoms with van der Waals surface area (Å²) < 4.78 is 0. The molecule has 0 aromatic heterocycles. The van der Waals surface area contributed by atoms with Crippen molar-refractivity contribution in [2.24, 2.45) is 4.99 Å². The molecule has 3 rings (SSSR count). The summed E-state index contributed by atoms with van der Waals surface area (Å²) in [5, 5.41) is 0.624. The summed E-state index contributed by atoms with van der Waals surface area (Å²) in [4.78, 5) is 24.1. The van der Waals surface area contributed by atoms with Crippen LogP contribution in [-0.2, 0) is 0 Å². The Morgan fingerprint density at radius 2 is 1.65 bits per heavy atom. The van der Waals surface area contributed by atoms with Crippen LogP contribution in [0.5, 0.6) is 0 Å². The molecule has 6 heteroatoms. The van der Waals surface area contributed by atoms with E-state index < -0.39 is 0 Å². The average Bonchev–Trinajstić information content (AvgIpc) is 2.80. The van der Waals surface area contributed by atoms with E-state index in [0.717, 1.165) is 49.8 Å². The summed E-state index contributed by atoms with van der Waals surface area (Å²) in [7, 11) is 0. The number of hydrogen-bond donors (Lipinski definition) is 0. The molecule has 0 radical (unpaired) electrons. The number of aliphatic imine (C=N–C) groups is 1. The lowest BCUT2D eigenvalue weighted by Gasteiger charge is -2.36. The topological polar surface area (TPSA) is 39.1 Å². The van der Waals surface area contributed by atoms with Crippen molar-refractivity contribution in [3.05, 3.63) is 77.3 Å². The fourth-order valence-electron chi connectivity index (χ4n) is 3.75. The van der Waals surface area contributed by atoms with Gasteiger partial charge in [0.1, 0.15) is 5.84 Å². The lowest BCUT2D eigenvalue weighted by Crippen LogP contribution is -2.48. The molecule has 0 bridgehead atoms. The van der Waals surface area contributed by atoms with Crippen LogP contribution in [0, 0.1) is 0 Å². The number of hydrogen-bond acceptors (Lipinski definition) is 3. The van der Waals surface area contributed by atoms with Crippen LogP contribution < -0.4 is 0 Å². The van der Waals surface area contributed by atoms with E-state index in [2.05, 4.69) is 16.4 Å². The quantitative estimate of drug-likeness (QED) is 0.357. The highest BCUT2D eigenvalue weighted by molar-refractivity contribution is 6.33. The van der Waals surface area contributed by atoms with Crippen LogP contribution in [0.2, 0.25) is 5.02 Å². The number of para-hydroxylation sites is 1. The molecule has 1 fully saturated rings. The van der Waals surface area contributed by atoms with E-state index in [1.165, 1.54) is 0 Å². The number of piperazine rings is 1.